The van der Waals surface area contributed by atoms with Gasteiger partial charge in [-0.3, -0.25) is 4.72 Å². The van der Waals surface area contributed by atoms with Gasteiger partial charge in [-0.05, 0) is 80.6 Å². The molecule has 0 saturated carbocycles. The summed E-state index contributed by atoms with van der Waals surface area (Å²) in [6.45, 7) is 5.81. The van der Waals surface area contributed by atoms with Gasteiger partial charge in [-0.2, -0.15) is 0 Å². The van der Waals surface area contributed by atoms with Crippen molar-refractivity contribution < 1.29 is 8.42 Å². The minimum absolute atomic E-state index is 0.260. The Morgan fingerprint density at radius 1 is 0.867 bits per heavy atom. The van der Waals surface area contributed by atoms with Crippen molar-refractivity contribution in [3.63, 3.8) is 0 Å². The third-order valence-electron chi connectivity index (χ3n) is 5.25. The fourth-order valence-corrected chi connectivity index (χ4v) is 5.05. The number of aromatic nitrogens is 2. The highest BCUT2D eigenvalue weighted by Gasteiger charge is 2.16. The quantitative estimate of drug-likeness (QED) is 0.653. The molecule has 0 amide bonds. The second-order valence-electron chi connectivity index (χ2n) is 7.83. The first-order valence-electron chi connectivity index (χ1n) is 10.2. The Morgan fingerprint density at radius 3 is 2.27 bits per heavy atom. The molecule has 3 aromatic rings. The van der Waals surface area contributed by atoms with E-state index in [0.717, 1.165) is 35.6 Å². The number of aryl methyl sites for hydroxylation is 2. The number of nitrogens with one attached hydrogen (secondary N) is 1. The highest BCUT2D eigenvalue weighted by molar-refractivity contribution is 7.92. The molecule has 2 heterocycles. The second-order valence-corrected chi connectivity index (χ2v) is 9.52. The molecule has 0 radical (unpaired) electrons. The number of hydrogen-bond acceptors (Lipinski definition) is 5. The molecule has 0 atom stereocenters. The number of hydrogen-bond donors (Lipinski definition) is 1. The fraction of sp³-hybridized carbons (Fsp3) is 0.304. The maximum atomic E-state index is 12.8. The Morgan fingerprint density at radius 2 is 1.60 bits per heavy atom. The van der Waals surface area contributed by atoms with Crippen LogP contribution in [0, 0.1) is 13.8 Å². The average Bonchev–Trinajstić information content (AvgIpc) is 2.74. The van der Waals surface area contributed by atoms with Gasteiger partial charge in [0.05, 0.1) is 10.6 Å². The van der Waals surface area contributed by atoms with E-state index in [0.29, 0.717) is 11.4 Å². The lowest BCUT2D eigenvalue weighted by atomic mass is 10.1. The standard InChI is InChI=1S/C23H26N4O2S/c1-17-13-18(2)15-21(14-17)30(28,29)26-20-8-6-7-19(16-20)22-9-10-23(25-24-22)27-11-4-3-5-12-27/h6-10,13-16,26H,3-5,11-12H2,1-2H3. The van der Waals surface area contributed by atoms with E-state index in [4.69, 9.17) is 0 Å². The molecule has 1 aromatic heterocycles. The van der Waals surface area contributed by atoms with E-state index in [9.17, 15) is 8.42 Å². The molecule has 1 N–H and O–H groups in total. The Balaban J connectivity index is 1.55. The van der Waals surface area contributed by atoms with Crippen LogP contribution in [-0.2, 0) is 10.0 Å². The van der Waals surface area contributed by atoms with Gasteiger partial charge in [-0.1, -0.05) is 18.2 Å². The summed E-state index contributed by atoms with van der Waals surface area (Å²) >= 11 is 0. The Kier molecular flexibility index (Phi) is 5.72. The summed E-state index contributed by atoms with van der Waals surface area (Å²) < 4.78 is 28.3. The molecule has 0 aliphatic carbocycles. The summed E-state index contributed by atoms with van der Waals surface area (Å²) in [5.74, 6) is 0.894. The molecule has 1 fully saturated rings. The van der Waals surface area contributed by atoms with Crippen molar-refractivity contribution in [1.29, 1.82) is 0 Å². The number of benzene rings is 2. The molecule has 1 aliphatic heterocycles. The van der Waals surface area contributed by atoms with Crippen LogP contribution >= 0.6 is 0 Å². The van der Waals surface area contributed by atoms with E-state index in [1.165, 1.54) is 19.3 Å². The van der Waals surface area contributed by atoms with E-state index in [1.807, 2.05) is 44.2 Å². The lowest BCUT2D eigenvalue weighted by Gasteiger charge is -2.27. The average molecular weight is 423 g/mol. The third-order valence-corrected chi connectivity index (χ3v) is 6.61. The van der Waals surface area contributed by atoms with Crippen LogP contribution in [0.2, 0.25) is 0 Å². The first-order chi connectivity index (χ1) is 14.4. The molecular weight excluding hydrogens is 396 g/mol. The van der Waals surface area contributed by atoms with Crippen molar-refractivity contribution in [3.8, 4) is 11.3 Å². The summed E-state index contributed by atoms with van der Waals surface area (Å²) in [6, 6.07) is 16.5. The molecule has 4 rings (SSSR count). The maximum absolute atomic E-state index is 12.8. The van der Waals surface area contributed by atoms with Crippen molar-refractivity contribution in [2.24, 2.45) is 0 Å². The summed E-state index contributed by atoms with van der Waals surface area (Å²) in [5, 5.41) is 8.76. The molecule has 0 spiro atoms. The predicted molar refractivity (Wildman–Crippen MR) is 120 cm³/mol. The molecular formula is C23H26N4O2S. The fourth-order valence-electron chi connectivity index (χ4n) is 3.81. The van der Waals surface area contributed by atoms with Gasteiger partial charge in [0.2, 0.25) is 0 Å². The molecule has 1 saturated heterocycles. The molecule has 6 nitrogen and oxygen atoms in total. The zero-order valence-electron chi connectivity index (χ0n) is 17.3. The van der Waals surface area contributed by atoms with Gasteiger partial charge in [0, 0.05) is 24.3 Å². The van der Waals surface area contributed by atoms with Crippen LogP contribution in [0.3, 0.4) is 0 Å². The van der Waals surface area contributed by atoms with Crippen LogP contribution in [-0.4, -0.2) is 31.7 Å². The SMILES string of the molecule is Cc1cc(C)cc(S(=O)(=O)Nc2cccc(-c3ccc(N4CCCCC4)nn3)c2)c1. The van der Waals surface area contributed by atoms with Gasteiger partial charge in [-0.15, -0.1) is 10.2 Å². The monoisotopic (exact) mass is 422 g/mol. The van der Waals surface area contributed by atoms with E-state index in [-0.39, 0.29) is 4.90 Å². The van der Waals surface area contributed by atoms with Gasteiger partial charge in [0.15, 0.2) is 5.82 Å². The van der Waals surface area contributed by atoms with Crippen molar-refractivity contribution in [1.82, 2.24) is 10.2 Å². The van der Waals surface area contributed by atoms with Crippen LogP contribution in [0.5, 0.6) is 0 Å². The first kappa shape index (κ1) is 20.3. The van der Waals surface area contributed by atoms with Crippen molar-refractivity contribution in [2.75, 3.05) is 22.7 Å². The smallest absolute Gasteiger partial charge is 0.261 e. The van der Waals surface area contributed by atoms with E-state index < -0.39 is 10.0 Å². The number of sulfonamides is 1. The second kappa shape index (κ2) is 8.44. The minimum Gasteiger partial charge on any atom is -0.355 e. The third kappa shape index (κ3) is 4.62. The Labute approximate surface area is 178 Å². The minimum atomic E-state index is -3.67. The van der Waals surface area contributed by atoms with Crippen molar-refractivity contribution in [3.05, 3.63) is 65.7 Å². The summed E-state index contributed by atoms with van der Waals surface area (Å²) in [6.07, 6.45) is 3.64. The first-order valence-corrected chi connectivity index (χ1v) is 11.7. The summed E-state index contributed by atoms with van der Waals surface area (Å²) in [4.78, 5) is 2.52. The largest absolute Gasteiger partial charge is 0.355 e. The summed E-state index contributed by atoms with van der Waals surface area (Å²) in [7, 11) is -3.67. The molecule has 0 bridgehead atoms. The van der Waals surface area contributed by atoms with Gasteiger partial charge in [0.25, 0.3) is 10.0 Å². The lowest BCUT2D eigenvalue weighted by Crippen LogP contribution is -2.30. The molecule has 7 heteroatoms. The highest BCUT2D eigenvalue weighted by Crippen LogP contribution is 2.25. The van der Waals surface area contributed by atoms with Gasteiger partial charge < -0.3 is 4.90 Å². The van der Waals surface area contributed by atoms with Gasteiger partial charge in [-0.25, -0.2) is 8.42 Å². The Hall–Kier alpha value is -2.93. The topological polar surface area (TPSA) is 75.2 Å². The number of rotatable bonds is 5. The molecule has 30 heavy (non-hydrogen) atoms. The molecule has 1 aliphatic rings. The van der Waals surface area contributed by atoms with Crippen LogP contribution in [0.4, 0.5) is 11.5 Å². The predicted octanol–water partition coefficient (Wildman–Crippen LogP) is 4.55. The molecule has 2 aromatic carbocycles. The highest BCUT2D eigenvalue weighted by atomic mass is 32.2. The summed E-state index contributed by atoms with van der Waals surface area (Å²) in [5.41, 5.74) is 3.84. The Bertz CT molecular complexity index is 1120. The van der Waals surface area contributed by atoms with Crippen LogP contribution < -0.4 is 9.62 Å². The van der Waals surface area contributed by atoms with Gasteiger partial charge >= 0.3 is 0 Å². The lowest BCUT2D eigenvalue weighted by molar-refractivity contribution is 0.571. The zero-order valence-corrected chi connectivity index (χ0v) is 18.1. The number of anilines is 2. The number of piperidine rings is 1. The van der Waals surface area contributed by atoms with Crippen molar-refractivity contribution >= 4 is 21.5 Å². The molecule has 0 unspecified atom stereocenters. The van der Waals surface area contributed by atoms with E-state index in [2.05, 4.69) is 19.8 Å². The maximum Gasteiger partial charge on any atom is 0.261 e. The van der Waals surface area contributed by atoms with E-state index in [1.54, 1.807) is 24.3 Å². The van der Waals surface area contributed by atoms with Gasteiger partial charge in [0.1, 0.15) is 0 Å². The van der Waals surface area contributed by atoms with Crippen LogP contribution in [0.1, 0.15) is 30.4 Å². The van der Waals surface area contributed by atoms with E-state index >= 15 is 0 Å². The van der Waals surface area contributed by atoms with Crippen LogP contribution in [0.25, 0.3) is 11.3 Å². The van der Waals surface area contributed by atoms with Crippen LogP contribution in [0.15, 0.2) is 59.5 Å². The number of nitrogens with zero attached hydrogens (tertiary/aromatic N) is 3. The van der Waals surface area contributed by atoms with Crippen molar-refractivity contribution in [2.45, 2.75) is 38.0 Å². The molecule has 156 valence electrons. The zero-order chi connectivity index (χ0) is 21.1. The normalized spacial score (nSPS) is 14.5.